The quantitative estimate of drug-likeness (QED) is 0.254. The second-order valence-electron chi connectivity index (χ2n) is 6.12. The van der Waals surface area contributed by atoms with Crippen molar-refractivity contribution in [2.24, 2.45) is 4.99 Å². The molecule has 6 heteroatoms. The van der Waals surface area contributed by atoms with E-state index in [1.165, 1.54) is 16.6 Å². The Morgan fingerprint density at radius 3 is 2.62 bits per heavy atom. The molecular weight excluding hydrogens is 437 g/mol. The van der Waals surface area contributed by atoms with Crippen LogP contribution in [0.25, 0.3) is 11.0 Å². The molecule has 2 N–H and O–H groups in total. The lowest BCUT2D eigenvalue weighted by Gasteiger charge is -2.12. The Balaban J connectivity index is 0.00000243. The van der Waals surface area contributed by atoms with E-state index < -0.39 is 0 Å². The largest absolute Gasteiger partial charge is 0.356 e. The molecule has 2 aromatic carbocycles. The molecule has 1 heterocycles. The van der Waals surface area contributed by atoms with E-state index in [0.717, 1.165) is 37.5 Å². The summed E-state index contributed by atoms with van der Waals surface area (Å²) >= 11 is 0. The van der Waals surface area contributed by atoms with Gasteiger partial charge in [-0.25, -0.2) is 4.98 Å². The lowest BCUT2D eigenvalue weighted by molar-refractivity contribution is 0.637. The van der Waals surface area contributed by atoms with E-state index in [0.29, 0.717) is 0 Å². The third-order valence-corrected chi connectivity index (χ3v) is 4.20. The first kappa shape index (κ1) is 20.2. The number of imidazole rings is 1. The summed E-state index contributed by atoms with van der Waals surface area (Å²) in [7, 11) is 1.80. The van der Waals surface area contributed by atoms with Crippen LogP contribution < -0.4 is 10.6 Å². The van der Waals surface area contributed by atoms with Crippen molar-refractivity contribution in [2.75, 3.05) is 13.6 Å². The number of nitrogens with zero attached hydrogens (tertiary/aromatic N) is 3. The van der Waals surface area contributed by atoms with Crippen molar-refractivity contribution in [3.05, 3.63) is 66.0 Å². The normalized spacial score (nSPS) is 11.2. The summed E-state index contributed by atoms with van der Waals surface area (Å²) in [5.41, 5.74) is 4.76. The highest BCUT2D eigenvalue weighted by Gasteiger charge is 2.02. The average Bonchev–Trinajstić information content (AvgIpc) is 3.06. The molecule has 5 nitrogen and oxygen atoms in total. The molecular formula is C20H26IN5. The van der Waals surface area contributed by atoms with Gasteiger partial charge in [0.05, 0.1) is 17.4 Å². The minimum Gasteiger partial charge on any atom is -0.356 e. The number of benzene rings is 2. The molecule has 0 aliphatic rings. The van der Waals surface area contributed by atoms with E-state index in [4.69, 9.17) is 0 Å². The van der Waals surface area contributed by atoms with Crippen LogP contribution in [0, 0.1) is 6.92 Å². The first-order chi connectivity index (χ1) is 12.3. The fourth-order valence-electron chi connectivity index (χ4n) is 2.76. The van der Waals surface area contributed by atoms with E-state index >= 15 is 0 Å². The zero-order valence-corrected chi connectivity index (χ0v) is 17.6. The van der Waals surface area contributed by atoms with E-state index in [1.54, 1.807) is 7.05 Å². The number of hydrogen-bond acceptors (Lipinski definition) is 2. The SMILES string of the molecule is CN=C(NCCCn1cnc2ccccc21)NCc1ccc(C)cc1.I. The van der Waals surface area contributed by atoms with Gasteiger partial charge in [0.15, 0.2) is 5.96 Å². The van der Waals surface area contributed by atoms with Gasteiger partial charge < -0.3 is 15.2 Å². The molecule has 0 unspecified atom stereocenters. The third-order valence-electron chi connectivity index (χ3n) is 4.20. The van der Waals surface area contributed by atoms with Gasteiger partial charge in [-0.1, -0.05) is 42.0 Å². The Labute approximate surface area is 172 Å². The number of rotatable bonds is 6. The number of guanidine groups is 1. The molecule has 0 saturated carbocycles. The molecule has 0 fully saturated rings. The fourth-order valence-corrected chi connectivity index (χ4v) is 2.76. The summed E-state index contributed by atoms with van der Waals surface area (Å²) in [6.45, 7) is 4.66. The Hall–Kier alpha value is -2.09. The van der Waals surface area contributed by atoms with Gasteiger partial charge in [-0.05, 0) is 31.0 Å². The molecule has 26 heavy (non-hydrogen) atoms. The van der Waals surface area contributed by atoms with Gasteiger partial charge in [-0.3, -0.25) is 4.99 Å². The van der Waals surface area contributed by atoms with Crippen molar-refractivity contribution in [1.82, 2.24) is 20.2 Å². The molecule has 0 aliphatic carbocycles. The number of halogens is 1. The van der Waals surface area contributed by atoms with Crippen LogP contribution >= 0.6 is 24.0 Å². The first-order valence-corrected chi connectivity index (χ1v) is 8.66. The second-order valence-corrected chi connectivity index (χ2v) is 6.12. The maximum atomic E-state index is 4.42. The van der Waals surface area contributed by atoms with Crippen molar-refractivity contribution in [3.63, 3.8) is 0 Å². The Bertz CT molecular complexity index is 839. The van der Waals surface area contributed by atoms with Gasteiger partial charge in [-0.15, -0.1) is 24.0 Å². The molecule has 3 aromatic rings. The molecule has 3 rings (SSSR count). The number of hydrogen-bond donors (Lipinski definition) is 2. The Morgan fingerprint density at radius 2 is 1.85 bits per heavy atom. The summed E-state index contributed by atoms with van der Waals surface area (Å²) in [6.07, 6.45) is 2.92. The monoisotopic (exact) mass is 463 g/mol. The Kier molecular flexibility index (Phi) is 7.90. The smallest absolute Gasteiger partial charge is 0.191 e. The van der Waals surface area contributed by atoms with Gasteiger partial charge in [0, 0.05) is 26.7 Å². The number of para-hydroxylation sites is 2. The minimum atomic E-state index is 0. The van der Waals surface area contributed by atoms with Crippen molar-refractivity contribution < 1.29 is 0 Å². The lowest BCUT2D eigenvalue weighted by Crippen LogP contribution is -2.37. The van der Waals surface area contributed by atoms with Crippen LogP contribution in [0.15, 0.2) is 59.9 Å². The molecule has 0 spiro atoms. The van der Waals surface area contributed by atoms with Crippen LogP contribution in [0.3, 0.4) is 0 Å². The van der Waals surface area contributed by atoms with Crippen molar-refractivity contribution in [2.45, 2.75) is 26.4 Å². The highest BCUT2D eigenvalue weighted by atomic mass is 127. The lowest BCUT2D eigenvalue weighted by atomic mass is 10.1. The van der Waals surface area contributed by atoms with E-state index in [-0.39, 0.29) is 24.0 Å². The molecule has 0 atom stereocenters. The van der Waals surface area contributed by atoms with Crippen LogP contribution in [-0.4, -0.2) is 29.1 Å². The minimum absolute atomic E-state index is 0. The zero-order valence-electron chi connectivity index (χ0n) is 15.3. The summed E-state index contributed by atoms with van der Waals surface area (Å²) in [4.78, 5) is 8.70. The highest BCUT2D eigenvalue weighted by Crippen LogP contribution is 2.11. The predicted octanol–water partition coefficient (Wildman–Crippen LogP) is 3.72. The molecule has 0 radical (unpaired) electrons. The van der Waals surface area contributed by atoms with Crippen LogP contribution in [0.5, 0.6) is 0 Å². The van der Waals surface area contributed by atoms with E-state index in [1.807, 2.05) is 18.5 Å². The summed E-state index contributed by atoms with van der Waals surface area (Å²) in [5, 5.41) is 6.71. The van der Waals surface area contributed by atoms with Crippen molar-refractivity contribution in [1.29, 1.82) is 0 Å². The van der Waals surface area contributed by atoms with Crippen molar-refractivity contribution >= 4 is 41.0 Å². The standard InChI is InChI=1S/C20H25N5.HI/c1-16-8-10-17(11-9-16)14-23-20(21-2)22-12-5-13-25-15-24-18-6-3-4-7-19(18)25;/h3-4,6-11,15H,5,12-14H2,1-2H3,(H2,21,22,23);1H. The number of aromatic nitrogens is 2. The molecule has 0 amide bonds. The van der Waals surface area contributed by atoms with Gasteiger partial charge in [0.2, 0.25) is 0 Å². The van der Waals surface area contributed by atoms with Gasteiger partial charge in [0.1, 0.15) is 0 Å². The molecule has 0 saturated heterocycles. The molecule has 1 aromatic heterocycles. The maximum Gasteiger partial charge on any atom is 0.191 e. The van der Waals surface area contributed by atoms with Crippen LogP contribution in [-0.2, 0) is 13.1 Å². The van der Waals surface area contributed by atoms with Crippen LogP contribution in [0.1, 0.15) is 17.5 Å². The van der Waals surface area contributed by atoms with Crippen molar-refractivity contribution in [3.8, 4) is 0 Å². The summed E-state index contributed by atoms with van der Waals surface area (Å²) < 4.78 is 2.19. The van der Waals surface area contributed by atoms with E-state index in [9.17, 15) is 0 Å². The second kappa shape index (κ2) is 10.2. The van der Waals surface area contributed by atoms with E-state index in [2.05, 4.69) is 68.5 Å². The Morgan fingerprint density at radius 1 is 1.08 bits per heavy atom. The third kappa shape index (κ3) is 5.45. The highest BCUT2D eigenvalue weighted by molar-refractivity contribution is 14.0. The maximum absolute atomic E-state index is 4.42. The number of aliphatic imine (C=N–C) groups is 1. The summed E-state index contributed by atoms with van der Waals surface area (Å²) in [6, 6.07) is 16.8. The summed E-state index contributed by atoms with van der Waals surface area (Å²) in [5.74, 6) is 0.830. The topological polar surface area (TPSA) is 54.2 Å². The molecule has 138 valence electrons. The van der Waals surface area contributed by atoms with Gasteiger partial charge >= 0.3 is 0 Å². The van der Waals surface area contributed by atoms with Crippen LogP contribution in [0.4, 0.5) is 0 Å². The predicted molar refractivity (Wildman–Crippen MR) is 119 cm³/mol. The first-order valence-electron chi connectivity index (χ1n) is 8.66. The van der Waals surface area contributed by atoms with Crippen LogP contribution in [0.2, 0.25) is 0 Å². The fraction of sp³-hybridized carbons (Fsp3) is 0.300. The van der Waals surface area contributed by atoms with Gasteiger partial charge in [-0.2, -0.15) is 0 Å². The average molecular weight is 463 g/mol. The number of nitrogens with one attached hydrogen (secondary N) is 2. The molecule has 0 aliphatic heterocycles. The molecule has 0 bridgehead atoms. The van der Waals surface area contributed by atoms with Gasteiger partial charge in [0.25, 0.3) is 0 Å². The number of fused-ring (bicyclic) bond motifs is 1. The zero-order chi connectivity index (χ0) is 17.5. The number of aryl methyl sites for hydroxylation is 2.